The van der Waals surface area contributed by atoms with Crippen molar-refractivity contribution in [3.8, 4) is 0 Å². The third-order valence-corrected chi connectivity index (χ3v) is 15.8. The average molecular weight is 836 g/mol. The van der Waals surface area contributed by atoms with E-state index in [1.165, 1.54) is 37.7 Å². The summed E-state index contributed by atoms with van der Waals surface area (Å²) in [4.78, 5) is 48.0. The van der Waals surface area contributed by atoms with Crippen LogP contribution in [0.2, 0.25) is 0 Å². The second-order valence-electron chi connectivity index (χ2n) is 20.4. The molecule has 7 aliphatic rings. The fourth-order valence-corrected chi connectivity index (χ4v) is 12.5. The maximum Gasteiger partial charge on any atom is 0.350 e. The molecular weight excluding hydrogens is 755 g/mol. The van der Waals surface area contributed by atoms with Gasteiger partial charge in [0.15, 0.2) is 17.2 Å². The zero-order chi connectivity index (χ0) is 42.4. The van der Waals surface area contributed by atoms with E-state index in [1.807, 2.05) is 7.05 Å². The summed E-state index contributed by atoms with van der Waals surface area (Å²) in [5.41, 5.74) is 5.44. The number of epoxide rings is 1. The highest BCUT2D eigenvalue weighted by Gasteiger charge is 2.87. The van der Waals surface area contributed by atoms with Gasteiger partial charge in [0, 0.05) is 55.3 Å². The Balaban J connectivity index is 1.12. The first-order valence-electron chi connectivity index (χ1n) is 24.2. The van der Waals surface area contributed by atoms with E-state index in [-0.39, 0.29) is 48.5 Å². The molecular formula is C48H81N7O5+4. The van der Waals surface area contributed by atoms with Gasteiger partial charge in [0.2, 0.25) is 0 Å². The second-order valence-corrected chi connectivity index (χ2v) is 20.4. The number of ether oxygens (including phenoxy) is 2. The van der Waals surface area contributed by atoms with E-state index in [2.05, 4.69) is 83.7 Å². The van der Waals surface area contributed by atoms with Crippen molar-refractivity contribution < 1.29 is 44.8 Å². The molecule has 0 aromatic rings. The van der Waals surface area contributed by atoms with E-state index in [0.29, 0.717) is 42.7 Å². The topological polar surface area (TPSA) is 187 Å². The molecule has 5 aliphatic carbocycles. The highest BCUT2D eigenvalue weighted by molar-refractivity contribution is 6.23. The minimum atomic E-state index is -1.88. The molecule has 5 fully saturated rings. The number of nitrogens with two attached hydrogens (primary N) is 4. The van der Waals surface area contributed by atoms with Crippen molar-refractivity contribution in [2.45, 2.75) is 153 Å². The lowest BCUT2D eigenvalue weighted by Gasteiger charge is -2.42. The Labute approximate surface area is 359 Å². The quantitative estimate of drug-likeness (QED) is 0.0209. The molecule has 5 unspecified atom stereocenters. The molecule has 11 N–H and O–H groups in total. The molecule has 12 nitrogen and oxygen atoms in total. The molecule has 0 spiro atoms. The number of allylic oxidation sites excluding steroid dienone is 3. The van der Waals surface area contributed by atoms with Crippen LogP contribution < -0.4 is 37.3 Å². The van der Waals surface area contributed by atoms with E-state index in [1.54, 1.807) is 0 Å². The van der Waals surface area contributed by atoms with Crippen LogP contribution in [0.25, 0.3) is 0 Å². The lowest BCUT2D eigenvalue weighted by atomic mass is 9.57. The summed E-state index contributed by atoms with van der Waals surface area (Å²) in [5, 5.41) is 14.2. The number of nitrogens with one attached hydrogen (secondary N) is 3. The van der Waals surface area contributed by atoms with Gasteiger partial charge in [-0.05, 0) is 87.7 Å². The Kier molecular flexibility index (Phi) is 15.1. The Bertz CT molecular complexity index is 1650. The number of quaternary nitrogens is 3. The minimum absolute atomic E-state index is 0.0615. The number of carbonyl (C=O) groups is 3. The molecule has 3 saturated carbocycles. The molecule has 60 heavy (non-hydrogen) atoms. The van der Waals surface area contributed by atoms with Gasteiger partial charge in [-0.25, -0.2) is 10.1 Å². The maximum absolute atomic E-state index is 15.1. The monoisotopic (exact) mass is 836 g/mol. The summed E-state index contributed by atoms with van der Waals surface area (Å²) < 4.78 is 12.9. The number of rotatable bonds is 17. The number of carbonyl (C=O) groups excluding carboxylic acids is 3. The van der Waals surface area contributed by atoms with E-state index in [0.717, 1.165) is 82.6 Å². The molecule has 2 heterocycles. The number of hydrogen-bond acceptors (Lipinski definition) is 6. The predicted molar refractivity (Wildman–Crippen MR) is 232 cm³/mol. The first-order valence-corrected chi connectivity index (χ1v) is 24.2. The van der Waals surface area contributed by atoms with Crippen LogP contribution in [0.1, 0.15) is 124 Å². The number of esters is 1. The van der Waals surface area contributed by atoms with Crippen molar-refractivity contribution >= 4 is 23.5 Å². The van der Waals surface area contributed by atoms with E-state index in [4.69, 9.17) is 15.2 Å². The Morgan fingerprint density at radius 2 is 1.90 bits per heavy atom. The van der Waals surface area contributed by atoms with Crippen molar-refractivity contribution in [2.24, 2.45) is 53.1 Å². The lowest BCUT2D eigenvalue weighted by molar-refractivity contribution is -0.717. The molecule has 334 valence electrons. The number of piperidine rings is 1. The van der Waals surface area contributed by atoms with Crippen LogP contribution in [0, 0.1) is 47.3 Å². The van der Waals surface area contributed by atoms with Crippen LogP contribution in [0.4, 0.5) is 0 Å². The van der Waals surface area contributed by atoms with Crippen molar-refractivity contribution in [2.75, 3.05) is 40.5 Å². The van der Waals surface area contributed by atoms with Gasteiger partial charge in [0.05, 0.1) is 33.2 Å². The molecule has 0 aromatic carbocycles. The number of guanidine groups is 1. The second kappa shape index (κ2) is 20.1. The van der Waals surface area contributed by atoms with Gasteiger partial charge in [0.1, 0.15) is 25.5 Å². The first-order chi connectivity index (χ1) is 29.0. The summed E-state index contributed by atoms with van der Waals surface area (Å²) in [5.74, 6) is 0.848. The predicted octanol–water partition coefficient (Wildman–Crippen LogP) is 0.442. The lowest BCUT2D eigenvalue weighted by Crippen LogP contribution is -2.98. The Morgan fingerprint density at radius 3 is 2.67 bits per heavy atom. The molecule has 11 atom stereocenters. The normalized spacial score (nSPS) is 36.5. The van der Waals surface area contributed by atoms with E-state index < -0.39 is 29.0 Å². The van der Waals surface area contributed by atoms with E-state index in [9.17, 15) is 9.59 Å². The zero-order valence-electron chi connectivity index (χ0n) is 37.7. The number of Topliss-reactive ketones (excluding diaryl/α,β-unsaturated/α-hetero) is 2. The standard InChI is InChI=1S/C48H77N7O5/c1-30(2)22-36-16-11-17-38-42(36)44(57)48(45(58)59-28-37-24-33-14-9-10-15-34(33)25-39(37)53-27-32-12-7-6-8-13-32)47(60-48,43(38)56)20-18-31(3)23-40(55-46(49)51-5)35-19-21-52-41(26-35)54-29-50-4/h10,15,18,25,30,32-33,35-42,50,52-54H,6-9,11-14,16-17,19-24,26-29H2,1-5H3,(H3,49,51,55)/p+4/t33-,35?,36?,37-,38?,39+,40+,41?,42?,47+,48-/m1/s1. The van der Waals surface area contributed by atoms with Gasteiger partial charge in [-0.15, -0.1) is 0 Å². The molecule has 0 amide bonds. The number of hydrogen-bond donors (Lipinski definition) is 7. The Hall–Kier alpha value is -2.90. The first kappa shape index (κ1) is 45.1. The average Bonchev–Trinajstić information content (AvgIpc) is 3.97. The fraction of sp³-hybridized carbons (Fsp3) is 0.792. The summed E-state index contributed by atoms with van der Waals surface area (Å²) in [6, 6.07) is 0.276. The largest absolute Gasteiger partial charge is 0.463 e. The van der Waals surface area contributed by atoms with Crippen molar-refractivity contribution in [1.82, 2.24) is 10.6 Å². The highest BCUT2D eigenvalue weighted by Crippen LogP contribution is 2.62. The molecule has 7 rings (SSSR count). The van der Waals surface area contributed by atoms with Crippen molar-refractivity contribution in [3.63, 3.8) is 0 Å². The SMILES string of the molecule is C[NH+]=C(N)N[C@@H](CC(C)=CC[C@@]12O[C@@]1(C(=O)OC[C@H]1C[C@H]3CCC=CC3=C[C@@H]1[NH2+]CC1CCCCC1)C(=O)C1C(CC(C)C)CCCC1C2=O)C1CC[NH2+]C(NC[NH2+]C)C1. The van der Waals surface area contributed by atoms with Gasteiger partial charge in [-0.1, -0.05) is 63.3 Å². The Morgan fingerprint density at radius 1 is 1.08 bits per heavy atom. The summed E-state index contributed by atoms with van der Waals surface area (Å²) >= 11 is 0. The van der Waals surface area contributed by atoms with Crippen LogP contribution >= 0.6 is 0 Å². The molecule has 0 aromatic heterocycles. The molecule has 12 heteroatoms. The highest BCUT2D eigenvalue weighted by atomic mass is 16.7. The number of fused-ring (bicyclic) bond motifs is 3. The van der Waals surface area contributed by atoms with E-state index >= 15 is 4.79 Å². The van der Waals surface area contributed by atoms with Gasteiger partial charge in [-0.2, -0.15) is 0 Å². The summed E-state index contributed by atoms with van der Waals surface area (Å²) in [6.45, 7) is 9.66. The minimum Gasteiger partial charge on any atom is -0.463 e. The van der Waals surface area contributed by atoms with Gasteiger partial charge in [0.25, 0.3) is 5.60 Å². The fourth-order valence-electron chi connectivity index (χ4n) is 12.5. The van der Waals surface area contributed by atoms with Crippen LogP contribution in [0.5, 0.6) is 0 Å². The third kappa shape index (κ3) is 9.68. The van der Waals surface area contributed by atoms with Gasteiger partial charge >= 0.3 is 11.9 Å². The van der Waals surface area contributed by atoms with Crippen molar-refractivity contribution in [3.05, 3.63) is 35.5 Å². The summed E-state index contributed by atoms with van der Waals surface area (Å²) in [7, 11) is 3.89. The van der Waals surface area contributed by atoms with Gasteiger partial charge < -0.3 is 25.4 Å². The molecule has 2 saturated heterocycles. The number of ketones is 2. The maximum atomic E-state index is 15.1. The van der Waals surface area contributed by atoms with Crippen LogP contribution in [0.15, 0.2) is 35.5 Å². The van der Waals surface area contributed by atoms with Crippen LogP contribution in [0.3, 0.4) is 0 Å². The molecule has 0 radical (unpaired) electrons. The third-order valence-electron chi connectivity index (χ3n) is 15.8. The summed E-state index contributed by atoms with van der Waals surface area (Å²) in [6.07, 6.45) is 25.4. The molecule has 2 aliphatic heterocycles. The van der Waals surface area contributed by atoms with Crippen LogP contribution in [-0.4, -0.2) is 93.4 Å². The molecule has 0 bridgehead atoms. The van der Waals surface area contributed by atoms with Crippen LogP contribution in [-0.2, 0) is 23.9 Å². The van der Waals surface area contributed by atoms with Crippen molar-refractivity contribution in [1.29, 1.82) is 0 Å². The smallest absolute Gasteiger partial charge is 0.350 e. The van der Waals surface area contributed by atoms with Gasteiger partial charge in [-0.3, -0.25) is 25.6 Å². The zero-order valence-corrected chi connectivity index (χ0v) is 37.7.